The highest BCUT2D eigenvalue weighted by Crippen LogP contribution is 2.23. The van der Waals surface area contributed by atoms with Crippen LogP contribution in [0.2, 0.25) is 5.15 Å². The highest BCUT2D eigenvalue weighted by molar-refractivity contribution is 6.31. The van der Waals surface area contributed by atoms with Gasteiger partial charge in [0.25, 0.3) is 0 Å². The summed E-state index contributed by atoms with van der Waals surface area (Å²) in [6.45, 7) is 7.33. The minimum atomic E-state index is -0.504. The summed E-state index contributed by atoms with van der Waals surface area (Å²) < 4.78 is 6.57. The standard InChI is InChI=1S/C18H26ClN3O3/c1-12(2)11-22-17(19)14(13(3)20-22)8-9-16(23)21-10-6-5-7-15(21)18(24)25-4/h8-9,12,15H,5-7,10-11H2,1-4H3/b9-8+. The first-order chi connectivity index (χ1) is 11.8. The Labute approximate surface area is 153 Å². The number of esters is 1. The van der Waals surface area contributed by atoms with Crippen molar-refractivity contribution in [1.29, 1.82) is 0 Å². The first-order valence-electron chi connectivity index (χ1n) is 8.64. The van der Waals surface area contributed by atoms with E-state index in [2.05, 4.69) is 18.9 Å². The number of carbonyl (C=O) groups excluding carboxylic acids is 2. The number of nitrogens with zero attached hydrogens (tertiary/aromatic N) is 3. The third kappa shape index (κ3) is 4.63. The van der Waals surface area contributed by atoms with E-state index in [-0.39, 0.29) is 11.9 Å². The van der Waals surface area contributed by atoms with E-state index in [4.69, 9.17) is 16.3 Å². The van der Waals surface area contributed by atoms with Crippen LogP contribution in [0.25, 0.3) is 6.08 Å². The van der Waals surface area contributed by atoms with Crippen LogP contribution in [0.4, 0.5) is 0 Å². The zero-order chi connectivity index (χ0) is 18.6. The Morgan fingerprint density at radius 2 is 2.12 bits per heavy atom. The summed E-state index contributed by atoms with van der Waals surface area (Å²) in [5.41, 5.74) is 1.51. The van der Waals surface area contributed by atoms with Crippen molar-refractivity contribution >= 4 is 29.6 Å². The van der Waals surface area contributed by atoms with E-state index in [1.165, 1.54) is 13.2 Å². The van der Waals surface area contributed by atoms with Crippen LogP contribution >= 0.6 is 11.6 Å². The normalized spacial score (nSPS) is 18.2. The predicted molar refractivity (Wildman–Crippen MR) is 97.2 cm³/mol. The minimum absolute atomic E-state index is 0.206. The predicted octanol–water partition coefficient (Wildman–Crippen LogP) is 3.07. The average Bonchev–Trinajstić information content (AvgIpc) is 2.85. The molecule has 6 nitrogen and oxygen atoms in total. The Balaban J connectivity index is 2.16. The summed E-state index contributed by atoms with van der Waals surface area (Å²) in [6, 6.07) is -0.504. The van der Waals surface area contributed by atoms with E-state index in [1.807, 2.05) is 6.92 Å². The van der Waals surface area contributed by atoms with Crippen molar-refractivity contribution in [1.82, 2.24) is 14.7 Å². The molecule has 2 heterocycles. The molecule has 1 unspecified atom stereocenters. The van der Waals surface area contributed by atoms with Gasteiger partial charge in [0.15, 0.2) is 0 Å². The van der Waals surface area contributed by atoms with Gasteiger partial charge >= 0.3 is 5.97 Å². The molecule has 0 radical (unpaired) electrons. The maximum Gasteiger partial charge on any atom is 0.328 e. The molecule has 1 aromatic rings. The fraction of sp³-hybridized carbons (Fsp3) is 0.611. The van der Waals surface area contributed by atoms with Crippen molar-refractivity contribution in [2.75, 3.05) is 13.7 Å². The van der Waals surface area contributed by atoms with Crippen LogP contribution in [-0.4, -0.2) is 46.3 Å². The first-order valence-corrected chi connectivity index (χ1v) is 9.02. The molecule has 0 N–H and O–H groups in total. The number of aryl methyl sites for hydroxylation is 1. The first kappa shape index (κ1) is 19.5. The number of carbonyl (C=O) groups is 2. The third-order valence-corrected chi connectivity index (χ3v) is 4.70. The Kier molecular flexibility index (Phi) is 6.64. The third-order valence-electron chi connectivity index (χ3n) is 4.30. The van der Waals surface area contributed by atoms with Gasteiger partial charge in [0, 0.05) is 24.7 Å². The van der Waals surface area contributed by atoms with E-state index in [9.17, 15) is 9.59 Å². The van der Waals surface area contributed by atoms with Gasteiger partial charge in [-0.05, 0) is 38.2 Å². The van der Waals surface area contributed by atoms with Gasteiger partial charge < -0.3 is 9.64 Å². The number of amides is 1. The lowest BCUT2D eigenvalue weighted by atomic mass is 10.0. The summed E-state index contributed by atoms with van der Waals surface area (Å²) in [5.74, 6) is -0.146. The maximum atomic E-state index is 12.6. The zero-order valence-electron chi connectivity index (χ0n) is 15.3. The van der Waals surface area contributed by atoms with Gasteiger partial charge in [0.1, 0.15) is 11.2 Å². The second kappa shape index (κ2) is 8.52. The number of piperidine rings is 1. The number of ether oxygens (including phenoxy) is 1. The van der Waals surface area contributed by atoms with E-state index < -0.39 is 6.04 Å². The van der Waals surface area contributed by atoms with Gasteiger partial charge in [-0.1, -0.05) is 25.4 Å². The molecule has 0 aromatic carbocycles. The van der Waals surface area contributed by atoms with Crippen LogP contribution in [0.5, 0.6) is 0 Å². The molecule has 0 bridgehead atoms. The fourth-order valence-electron chi connectivity index (χ4n) is 3.05. The number of hydrogen-bond acceptors (Lipinski definition) is 4. The van der Waals surface area contributed by atoms with Gasteiger partial charge in [-0.15, -0.1) is 0 Å². The van der Waals surface area contributed by atoms with Gasteiger partial charge in [0.05, 0.1) is 12.8 Å². The van der Waals surface area contributed by atoms with E-state index >= 15 is 0 Å². The Hall–Kier alpha value is -1.82. The summed E-state index contributed by atoms with van der Waals surface area (Å²) in [4.78, 5) is 26.0. The summed E-state index contributed by atoms with van der Waals surface area (Å²) in [6.07, 6.45) is 5.60. The molecule has 7 heteroatoms. The zero-order valence-corrected chi connectivity index (χ0v) is 16.0. The monoisotopic (exact) mass is 367 g/mol. The van der Waals surface area contributed by atoms with Gasteiger partial charge in [-0.3, -0.25) is 9.48 Å². The van der Waals surface area contributed by atoms with Gasteiger partial charge in [0.2, 0.25) is 5.91 Å². The summed E-state index contributed by atoms with van der Waals surface area (Å²) in [7, 11) is 1.35. The van der Waals surface area contributed by atoms with Crippen LogP contribution in [0.1, 0.15) is 44.4 Å². The molecule has 0 aliphatic carbocycles. The number of rotatable bonds is 5. The second-order valence-electron chi connectivity index (χ2n) is 6.77. The van der Waals surface area contributed by atoms with E-state index in [0.29, 0.717) is 24.0 Å². The molecule has 2 rings (SSSR count). The molecule has 1 aliphatic heterocycles. The highest BCUT2D eigenvalue weighted by atomic mass is 35.5. The Bertz CT molecular complexity index is 667. The van der Waals surface area contributed by atoms with Crippen LogP contribution in [0.3, 0.4) is 0 Å². The average molecular weight is 368 g/mol. The smallest absolute Gasteiger partial charge is 0.328 e. The molecule has 1 aliphatic rings. The van der Waals surface area contributed by atoms with Crippen molar-refractivity contribution < 1.29 is 14.3 Å². The largest absolute Gasteiger partial charge is 0.467 e. The minimum Gasteiger partial charge on any atom is -0.467 e. The maximum absolute atomic E-state index is 12.6. The van der Waals surface area contributed by atoms with Gasteiger partial charge in [-0.2, -0.15) is 5.10 Å². The second-order valence-corrected chi connectivity index (χ2v) is 7.12. The summed E-state index contributed by atoms with van der Waals surface area (Å²) in [5, 5.41) is 4.96. The van der Waals surface area contributed by atoms with Crippen molar-refractivity contribution in [3.05, 3.63) is 22.5 Å². The van der Waals surface area contributed by atoms with Crippen LogP contribution < -0.4 is 0 Å². The molecule has 1 fully saturated rings. The molecule has 1 amide bonds. The molecule has 138 valence electrons. The Morgan fingerprint density at radius 3 is 2.76 bits per heavy atom. The SMILES string of the molecule is COC(=O)C1CCCCN1C(=O)/C=C/c1c(C)nn(CC(C)C)c1Cl. The number of halogens is 1. The molecular weight excluding hydrogens is 342 g/mol. The van der Waals surface area contributed by atoms with Gasteiger partial charge in [-0.25, -0.2) is 4.79 Å². The summed E-state index contributed by atoms with van der Waals surface area (Å²) >= 11 is 6.39. The Morgan fingerprint density at radius 1 is 1.40 bits per heavy atom. The van der Waals surface area contributed by atoms with E-state index in [1.54, 1.807) is 15.7 Å². The molecule has 0 spiro atoms. The molecule has 1 saturated heterocycles. The van der Waals surface area contributed by atoms with Crippen molar-refractivity contribution in [2.45, 2.75) is 52.6 Å². The van der Waals surface area contributed by atoms with Crippen molar-refractivity contribution in [3.8, 4) is 0 Å². The van der Waals surface area contributed by atoms with Crippen LogP contribution in [-0.2, 0) is 20.9 Å². The van der Waals surface area contributed by atoms with Crippen LogP contribution in [0.15, 0.2) is 6.08 Å². The van der Waals surface area contributed by atoms with Crippen LogP contribution in [0, 0.1) is 12.8 Å². The lowest BCUT2D eigenvalue weighted by molar-refractivity contribution is -0.153. The van der Waals surface area contributed by atoms with E-state index in [0.717, 1.165) is 30.6 Å². The lowest BCUT2D eigenvalue weighted by Gasteiger charge is -2.32. The topological polar surface area (TPSA) is 64.4 Å². The molecule has 1 aromatic heterocycles. The molecule has 1 atom stereocenters. The van der Waals surface area contributed by atoms with Crippen molar-refractivity contribution in [2.24, 2.45) is 5.92 Å². The van der Waals surface area contributed by atoms with Crippen molar-refractivity contribution in [3.63, 3.8) is 0 Å². The lowest BCUT2D eigenvalue weighted by Crippen LogP contribution is -2.47. The molecular formula is C18H26ClN3O3. The highest BCUT2D eigenvalue weighted by Gasteiger charge is 2.31. The number of likely N-dealkylation sites (tertiary alicyclic amines) is 1. The molecule has 25 heavy (non-hydrogen) atoms. The number of aromatic nitrogens is 2. The number of hydrogen-bond donors (Lipinski definition) is 0. The molecule has 0 saturated carbocycles. The number of methoxy groups -OCH3 is 1. The fourth-order valence-corrected chi connectivity index (χ4v) is 3.36. The quantitative estimate of drug-likeness (QED) is 0.592.